The maximum Gasteiger partial charge on any atom is 0.308 e. The Hall–Kier alpha value is -2.76. The first-order chi connectivity index (χ1) is 11.0. The molecule has 2 aromatic rings. The second-order valence-electron chi connectivity index (χ2n) is 5.73. The zero-order valence-electron chi connectivity index (χ0n) is 12.8. The average molecular weight is 311 g/mol. The van der Waals surface area contributed by atoms with Gasteiger partial charge in [0.25, 0.3) is 5.91 Å². The summed E-state index contributed by atoms with van der Waals surface area (Å²) in [5.74, 6) is -1.59. The van der Waals surface area contributed by atoms with Crippen LogP contribution in [0.15, 0.2) is 36.7 Å². The fourth-order valence-electron chi connectivity index (χ4n) is 2.66. The van der Waals surface area contributed by atoms with Crippen molar-refractivity contribution in [3.63, 3.8) is 0 Å². The molecule has 1 saturated heterocycles. The lowest BCUT2D eigenvalue weighted by Crippen LogP contribution is -2.30. The lowest BCUT2D eigenvalue weighted by Gasteiger charge is -2.15. The number of aromatic nitrogens is 2. The second-order valence-corrected chi connectivity index (χ2v) is 5.73. The molecular weight excluding hydrogens is 294 g/mol. The van der Waals surface area contributed by atoms with E-state index in [0.717, 1.165) is 11.1 Å². The molecule has 3 rings (SSSR count). The van der Waals surface area contributed by atoms with Crippen molar-refractivity contribution in [1.82, 2.24) is 14.9 Å². The van der Waals surface area contributed by atoms with E-state index in [2.05, 4.69) is 9.97 Å². The molecule has 1 unspecified atom stereocenters. The topological polar surface area (TPSA) is 83.4 Å². The standard InChI is InChI=1S/C17H17N3O3/c1-11-2-4-12(5-3-11)14-8-15(19-10-18-14)16(21)20-7-6-13(9-20)17(22)23/h2-5,8,10,13H,6-7,9H2,1H3,(H,22,23). The maximum atomic E-state index is 12.5. The highest BCUT2D eigenvalue weighted by atomic mass is 16.4. The number of likely N-dealkylation sites (tertiary alicyclic amines) is 1. The normalized spacial score (nSPS) is 17.3. The minimum absolute atomic E-state index is 0.234. The highest BCUT2D eigenvalue weighted by Crippen LogP contribution is 2.21. The van der Waals surface area contributed by atoms with Crippen molar-refractivity contribution < 1.29 is 14.7 Å². The van der Waals surface area contributed by atoms with Crippen molar-refractivity contribution in [2.24, 2.45) is 5.92 Å². The number of amides is 1. The lowest BCUT2D eigenvalue weighted by molar-refractivity contribution is -0.141. The molecule has 1 aromatic heterocycles. The number of hydrogen-bond acceptors (Lipinski definition) is 4. The Morgan fingerprint density at radius 3 is 2.61 bits per heavy atom. The van der Waals surface area contributed by atoms with Gasteiger partial charge in [0.15, 0.2) is 0 Å². The number of carbonyl (C=O) groups excluding carboxylic acids is 1. The summed E-state index contributed by atoms with van der Waals surface area (Å²) in [6.45, 7) is 2.68. The molecule has 0 radical (unpaired) electrons. The molecule has 0 bridgehead atoms. The van der Waals surface area contributed by atoms with E-state index < -0.39 is 11.9 Å². The van der Waals surface area contributed by atoms with Crippen LogP contribution in [0.5, 0.6) is 0 Å². The Balaban J connectivity index is 1.81. The van der Waals surface area contributed by atoms with Crippen LogP contribution in [0.2, 0.25) is 0 Å². The van der Waals surface area contributed by atoms with Crippen LogP contribution in [0.25, 0.3) is 11.3 Å². The third kappa shape index (κ3) is 3.21. The van der Waals surface area contributed by atoms with Gasteiger partial charge in [-0.1, -0.05) is 29.8 Å². The summed E-state index contributed by atoms with van der Waals surface area (Å²) >= 11 is 0. The summed E-state index contributed by atoms with van der Waals surface area (Å²) < 4.78 is 0. The van der Waals surface area contributed by atoms with Crippen molar-refractivity contribution in [3.8, 4) is 11.3 Å². The van der Waals surface area contributed by atoms with Crippen molar-refractivity contribution >= 4 is 11.9 Å². The Morgan fingerprint density at radius 2 is 1.96 bits per heavy atom. The zero-order valence-corrected chi connectivity index (χ0v) is 12.8. The van der Waals surface area contributed by atoms with Gasteiger partial charge in [0.05, 0.1) is 11.6 Å². The second kappa shape index (κ2) is 6.16. The van der Waals surface area contributed by atoms with E-state index in [-0.39, 0.29) is 12.5 Å². The van der Waals surface area contributed by atoms with E-state index >= 15 is 0 Å². The zero-order chi connectivity index (χ0) is 16.4. The monoisotopic (exact) mass is 311 g/mol. The van der Waals surface area contributed by atoms with Crippen molar-refractivity contribution in [1.29, 1.82) is 0 Å². The van der Waals surface area contributed by atoms with Gasteiger partial charge in [-0.05, 0) is 19.4 Å². The third-order valence-corrected chi connectivity index (χ3v) is 4.06. The number of aryl methyl sites for hydroxylation is 1. The highest BCUT2D eigenvalue weighted by molar-refractivity contribution is 5.93. The number of benzene rings is 1. The van der Waals surface area contributed by atoms with E-state index in [9.17, 15) is 9.59 Å². The van der Waals surface area contributed by atoms with Crippen LogP contribution in [0.3, 0.4) is 0 Å². The minimum atomic E-state index is -0.858. The van der Waals surface area contributed by atoms with Crippen LogP contribution < -0.4 is 0 Å². The predicted octanol–water partition coefficient (Wildman–Crippen LogP) is 2.00. The van der Waals surface area contributed by atoms with Gasteiger partial charge in [0.2, 0.25) is 0 Å². The number of hydrogen-bond donors (Lipinski definition) is 1. The summed E-state index contributed by atoms with van der Waals surface area (Å²) in [5.41, 5.74) is 3.03. The Labute approximate surface area is 133 Å². The molecule has 1 N–H and O–H groups in total. The summed E-state index contributed by atoms with van der Waals surface area (Å²) in [7, 11) is 0. The van der Waals surface area contributed by atoms with Gasteiger partial charge < -0.3 is 10.0 Å². The van der Waals surface area contributed by atoms with E-state index in [0.29, 0.717) is 24.4 Å². The van der Waals surface area contributed by atoms with Crippen LogP contribution in [0.1, 0.15) is 22.5 Å². The molecule has 23 heavy (non-hydrogen) atoms. The Kier molecular flexibility index (Phi) is 4.06. The molecule has 118 valence electrons. The Bertz CT molecular complexity index is 743. The number of carboxylic acid groups (broad SMARTS) is 1. The number of carbonyl (C=O) groups is 2. The predicted molar refractivity (Wildman–Crippen MR) is 83.9 cm³/mol. The first-order valence-electron chi connectivity index (χ1n) is 7.46. The SMILES string of the molecule is Cc1ccc(-c2cc(C(=O)N3CCC(C(=O)O)C3)ncn2)cc1. The van der Waals surface area contributed by atoms with E-state index in [1.54, 1.807) is 11.0 Å². The molecule has 1 aliphatic heterocycles. The molecule has 6 heteroatoms. The highest BCUT2D eigenvalue weighted by Gasteiger charge is 2.31. The van der Waals surface area contributed by atoms with Gasteiger partial charge in [0.1, 0.15) is 12.0 Å². The number of rotatable bonds is 3. The molecule has 1 aromatic carbocycles. The van der Waals surface area contributed by atoms with Crippen LogP contribution in [0.4, 0.5) is 0 Å². The fourth-order valence-corrected chi connectivity index (χ4v) is 2.66. The molecule has 1 fully saturated rings. The number of aliphatic carboxylic acids is 1. The van der Waals surface area contributed by atoms with Crippen LogP contribution in [0, 0.1) is 12.8 Å². The van der Waals surface area contributed by atoms with Gasteiger partial charge in [-0.25, -0.2) is 9.97 Å². The molecule has 1 atom stereocenters. The van der Waals surface area contributed by atoms with E-state index in [1.165, 1.54) is 6.33 Å². The Morgan fingerprint density at radius 1 is 1.22 bits per heavy atom. The van der Waals surface area contributed by atoms with Crippen molar-refractivity contribution in [2.75, 3.05) is 13.1 Å². The first-order valence-corrected chi connectivity index (χ1v) is 7.46. The molecule has 6 nitrogen and oxygen atoms in total. The van der Waals surface area contributed by atoms with Crippen molar-refractivity contribution in [2.45, 2.75) is 13.3 Å². The first kappa shape index (κ1) is 15.1. The smallest absolute Gasteiger partial charge is 0.308 e. The molecule has 0 saturated carbocycles. The van der Waals surface area contributed by atoms with Gasteiger partial charge in [-0.3, -0.25) is 9.59 Å². The number of carboxylic acids is 1. The van der Waals surface area contributed by atoms with Crippen LogP contribution >= 0.6 is 0 Å². The largest absolute Gasteiger partial charge is 0.481 e. The summed E-state index contributed by atoms with van der Waals surface area (Å²) in [4.78, 5) is 33.3. The third-order valence-electron chi connectivity index (χ3n) is 4.06. The summed E-state index contributed by atoms with van der Waals surface area (Å²) in [6.07, 6.45) is 1.85. The molecule has 2 heterocycles. The summed E-state index contributed by atoms with van der Waals surface area (Å²) in [5, 5.41) is 9.03. The maximum absolute atomic E-state index is 12.5. The summed E-state index contributed by atoms with van der Waals surface area (Å²) in [6, 6.07) is 9.51. The van der Waals surface area contributed by atoms with E-state index in [4.69, 9.17) is 5.11 Å². The number of nitrogens with zero attached hydrogens (tertiary/aromatic N) is 3. The molecular formula is C17H17N3O3. The van der Waals surface area contributed by atoms with Crippen LogP contribution in [-0.4, -0.2) is 44.9 Å². The molecule has 1 amide bonds. The van der Waals surface area contributed by atoms with Gasteiger partial charge in [-0.2, -0.15) is 0 Å². The minimum Gasteiger partial charge on any atom is -0.481 e. The average Bonchev–Trinajstić information content (AvgIpc) is 3.05. The lowest BCUT2D eigenvalue weighted by atomic mass is 10.1. The van der Waals surface area contributed by atoms with Gasteiger partial charge >= 0.3 is 5.97 Å². The fraction of sp³-hybridized carbons (Fsp3) is 0.294. The van der Waals surface area contributed by atoms with Crippen LogP contribution in [-0.2, 0) is 4.79 Å². The van der Waals surface area contributed by atoms with Gasteiger partial charge in [-0.15, -0.1) is 0 Å². The quantitative estimate of drug-likeness (QED) is 0.937. The van der Waals surface area contributed by atoms with Crippen molar-refractivity contribution in [3.05, 3.63) is 47.9 Å². The molecule has 1 aliphatic rings. The van der Waals surface area contributed by atoms with Gasteiger partial charge in [0, 0.05) is 18.7 Å². The molecule has 0 aliphatic carbocycles. The molecule has 0 spiro atoms. The van der Waals surface area contributed by atoms with E-state index in [1.807, 2.05) is 31.2 Å².